The van der Waals surface area contributed by atoms with E-state index in [1.54, 1.807) is 20.8 Å². The number of carboxylic acid groups (broad SMARTS) is 1. The molecule has 1 aromatic heterocycles. The lowest BCUT2D eigenvalue weighted by Gasteiger charge is -2.28. The van der Waals surface area contributed by atoms with E-state index in [1.807, 2.05) is 0 Å². The molecule has 0 aliphatic carbocycles. The molecular weight excluding hydrogens is 280 g/mol. The Hall–Kier alpha value is -2.09. The zero-order chi connectivity index (χ0) is 15.7. The quantitative estimate of drug-likeness (QED) is 0.870. The molecule has 1 aromatic rings. The summed E-state index contributed by atoms with van der Waals surface area (Å²) < 4.78 is 15.3. The van der Waals surface area contributed by atoms with Crippen LogP contribution in [0, 0.1) is 0 Å². The Labute approximate surface area is 121 Å². The van der Waals surface area contributed by atoms with Crippen molar-refractivity contribution in [1.29, 1.82) is 0 Å². The summed E-state index contributed by atoms with van der Waals surface area (Å²) >= 11 is 0. The van der Waals surface area contributed by atoms with Crippen molar-refractivity contribution in [3.63, 3.8) is 0 Å². The fraction of sp³-hybridized carbons (Fsp3) is 0.615. The highest BCUT2D eigenvalue weighted by molar-refractivity contribution is 5.84. The van der Waals surface area contributed by atoms with Crippen LogP contribution in [0.1, 0.15) is 43.4 Å². The highest BCUT2D eigenvalue weighted by atomic mass is 16.6. The predicted molar refractivity (Wildman–Crippen MR) is 69.9 cm³/mol. The van der Waals surface area contributed by atoms with Crippen LogP contribution in [0.2, 0.25) is 0 Å². The van der Waals surface area contributed by atoms with E-state index < -0.39 is 23.2 Å². The molecule has 0 spiro atoms. The third-order valence-corrected chi connectivity index (χ3v) is 2.97. The first-order chi connectivity index (χ1) is 9.72. The van der Waals surface area contributed by atoms with Gasteiger partial charge in [-0.05, 0) is 20.8 Å². The molecule has 2 N–H and O–H groups in total. The van der Waals surface area contributed by atoms with Gasteiger partial charge in [0.2, 0.25) is 5.76 Å². The number of aromatic nitrogens is 1. The van der Waals surface area contributed by atoms with Crippen LogP contribution in [0.15, 0.2) is 10.6 Å². The Morgan fingerprint density at radius 2 is 2.19 bits per heavy atom. The van der Waals surface area contributed by atoms with E-state index in [0.29, 0.717) is 18.7 Å². The molecule has 0 bridgehead atoms. The van der Waals surface area contributed by atoms with Crippen LogP contribution >= 0.6 is 0 Å². The van der Waals surface area contributed by atoms with Gasteiger partial charge in [-0.3, -0.25) is 0 Å². The van der Waals surface area contributed by atoms with Gasteiger partial charge in [-0.25, -0.2) is 9.59 Å². The van der Waals surface area contributed by atoms with Gasteiger partial charge in [0.05, 0.1) is 6.61 Å². The van der Waals surface area contributed by atoms with Crippen LogP contribution in [0.5, 0.6) is 0 Å². The lowest BCUT2D eigenvalue weighted by Crippen LogP contribution is -2.48. The molecule has 116 valence electrons. The van der Waals surface area contributed by atoms with Gasteiger partial charge in [0.15, 0.2) is 0 Å². The third-order valence-electron chi connectivity index (χ3n) is 2.97. The normalized spacial score (nSPS) is 22.0. The number of carboxylic acids is 1. The van der Waals surface area contributed by atoms with Crippen molar-refractivity contribution < 1.29 is 28.7 Å². The van der Waals surface area contributed by atoms with E-state index in [2.05, 4.69) is 10.5 Å². The highest BCUT2D eigenvalue weighted by Crippen LogP contribution is 2.30. The van der Waals surface area contributed by atoms with E-state index in [-0.39, 0.29) is 12.4 Å². The van der Waals surface area contributed by atoms with Crippen LogP contribution < -0.4 is 5.32 Å². The van der Waals surface area contributed by atoms with Crippen LogP contribution in [0.25, 0.3) is 0 Å². The zero-order valence-electron chi connectivity index (χ0n) is 12.1. The number of carbonyl (C=O) groups is 2. The monoisotopic (exact) mass is 298 g/mol. The van der Waals surface area contributed by atoms with E-state index in [1.165, 1.54) is 6.07 Å². The summed E-state index contributed by atoms with van der Waals surface area (Å²) in [5, 5.41) is 15.3. The fourth-order valence-electron chi connectivity index (χ4n) is 2.03. The Morgan fingerprint density at radius 3 is 2.67 bits per heavy atom. The van der Waals surface area contributed by atoms with Crippen molar-refractivity contribution in [2.45, 2.75) is 38.3 Å². The molecule has 1 fully saturated rings. The summed E-state index contributed by atoms with van der Waals surface area (Å²) in [4.78, 5) is 22.8. The molecule has 1 aliphatic rings. The smallest absolute Gasteiger partial charge is 0.408 e. The Bertz CT molecular complexity index is 539. The maximum absolute atomic E-state index is 12.0. The van der Waals surface area contributed by atoms with Gasteiger partial charge < -0.3 is 24.4 Å². The number of amides is 1. The van der Waals surface area contributed by atoms with E-state index in [9.17, 15) is 9.59 Å². The number of nitrogens with one attached hydrogen (secondary N) is 1. The Morgan fingerprint density at radius 1 is 1.48 bits per heavy atom. The van der Waals surface area contributed by atoms with Gasteiger partial charge in [-0.1, -0.05) is 5.16 Å². The van der Waals surface area contributed by atoms with Gasteiger partial charge >= 0.3 is 12.1 Å². The molecule has 1 amide bonds. The zero-order valence-corrected chi connectivity index (χ0v) is 12.1. The minimum atomic E-state index is -1.22. The average Bonchev–Trinajstić information content (AvgIpc) is 2.93. The molecule has 8 nitrogen and oxygen atoms in total. The summed E-state index contributed by atoms with van der Waals surface area (Å²) in [7, 11) is 0. The van der Waals surface area contributed by atoms with Crippen LogP contribution in [0.4, 0.5) is 4.79 Å². The fourth-order valence-corrected chi connectivity index (χ4v) is 2.03. The summed E-state index contributed by atoms with van der Waals surface area (Å²) in [5.41, 5.74) is -1.26. The summed E-state index contributed by atoms with van der Waals surface area (Å²) in [6.07, 6.45) is -0.162. The van der Waals surface area contributed by atoms with Crippen molar-refractivity contribution in [2.24, 2.45) is 0 Å². The number of rotatable bonds is 3. The predicted octanol–water partition coefficient (Wildman–Crippen LogP) is 1.51. The van der Waals surface area contributed by atoms with Crippen molar-refractivity contribution in [1.82, 2.24) is 10.5 Å². The summed E-state index contributed by atoms with van der Waals surface area (Å²) in [5.74, 6) is -1.51. The lowest BCUT2D eigenvalue weighted by atomic mass is 9.94. The minimum Gasteiger partial charge on any atom is -0.475 e. The standard InChI is InChI=1S/C13H18N2O6/c1-12(2,3)20-11(18)14-13(4-5-19-7-13)9-6-8(10(16)17)21-15-9/h6H,4-5,7H2,1-3H3,(H,14,18)(H,16,17). The highest BCUT2D eigenvalue weighted by Gasteiger charge is 2.42. The third kappa shape index (κ3) is 3.52. The second-order valence-corrected chi connectivity index (χ2v) is 5.89. The number of ether oxygens (including phenoxy) is 2. The van der Waals surface area contributed by atoms with Crippen LogP contribution in [0.3, 0.4) is 0 Å². The number of nitrogens with zero attached hydrogens (tertiary/aromatic N) is 1. The molecule has 2 rings (SSSR count). The van der Waals surface area contributed by atoms with E-state index in [0.717, 1.165) is 0 Å². The van der Waals surface area contributed by atoms with Crippen LogP contribution in [-0.2, 0) is 15.0 Å². The molecule has 0 aromatic carbocycles. The molecular formula is C13H18N2O6. The number of aromatic carboxylic acids is 1. The summed E-state index contributed by atoms with van der Waals surface area (Å²) in [6.45, 7) is 5.86. The number of alkyl carbamates (subject to hydrolysis) is 1. The first-order valence-corrected chi connectivity index (χ1v) is 6.51. The second-order valence-electron chi connectivity index (χ2n) is 5.89. The topological polar surface area (TPSA) is 111 Å². The molecule has 0 radical (unpaired) electrons. The van der Waals surface area contributed by atoms with Gasteiger partial charge in [0.25, 0.3) is 0 Å². The van der Waals surface area contributed by atoms with Gasteiger partial charge in [-0.15, -0.1) is 0 Å². The second kappa shape index (κ2) is 5.36. The summed E-state index contributed by atoms with van der Waals surface area (Å²) in [6, 6.07) is 1.29. The van der Waals surface area contributed by atoms with Gasteiger partial charge in [-0.2, -0.15) is 0 Å². The maximum Gasteiger partial charge on any atom is 0.408 e. The molecule has 21 heavy (non-hydrogen) atoms. The molecule has 8 heteroatoms. The number of hydrogen-bond acceptors (Lipinski definition) is 6. The van der Waals surface area contributed by atoms with Crippen molar-refractivity contribution in [2.75, 3.05) is 13.2 Å². The molecule has 1 saturated heterocycles. The SMILES string of the molecule is CC(C)(C)OC(=O)NC1(c2cc(C(=O)O)on2)CCOC1. The van der Waals surface area contributed by atoms with Crippen molar-refractivity contribution in [3.05, 3.63) is 17.5 Å². The molecule has 2 heterocycles. The first-order valence-electron chi connectivity index (χ1n) is 6.51. The largest absolute Gasteiger partial charge is 0.475 e. The molecule has 0 saturated carbocycles. The average molecular weight is 298 g/mol. The van der Waals surface area contributed by atoms with Crippen LogP contribution in [-0.4, -0.2) is 41.1 Å². The molecule has 1 aliphatic heterocycles. The van der Waals surface area contributed by atoms with E-state index in [4.69, 9.17) is 19.1 Å². The minimum absolute atomic E-state index is 0.178. The molecule has 1 unspecified atom stereocenters. The van der Waals surface area contributed by atoms with Gasteiger partial charge in [0.1, 0.15) is 16.8 Å². The first kappa shape index (κ1) is 15.3. The Kier molecular flexibility index (Phi) is 3.91. The molecule has 1 atom stereocenters. The van der Waals surface area contributed by atoms with E-state index >= 15 is 0 Å². The van der Waals surface area contributed by atoms with Gasteiger partial charge in [0, 0.05) is 19.1 Å². The lowest BCUT2D eigenvalue weighted by molar-refractivity contribution is 0.0430. The van der Waals surface area contributed by atoms with Crippen molar-refractivity contribution >= 4 is 12.1 Å². The maximum atomic E-state index is 12.0. The number of hydrogen-bond donors (Lipinski definition) is 2. The number of carbonyl (C=O) groups excluding carboxylic acids is 1. The Balaban J connectivity index is 2.20. The van der Waals surface area contributed by atoms with Crippen molar-refractivity contribution in [3.8, 4) is 0 Å².